The van der Waals surface area contributed by atoms with Crippen LogP contribution in [0, 0.1) is 22.6 Å². The maximum Gasteiger partial charge on any atom is 0.266 e. The van der Waals surface area contributed by atoms with Crippen LogP contribution in [0.4, 0.5) is 19.0 Å². The molecule has 0 bridgehead atoms. The molecule has 31 heavy (non-hydrogen) atoms. The number of rotatable bonds is 5. The molecule has 3 heterocycles. The van der Waals surface area contributed by atoms with Gasteiger partial charge in [-0.3, -0.25) is 4.79 Å². The topological polar surface area (TPSA) is 93.9 Å². The second kappa shape index (κ2) is 7.98. The van der Waals surface area contributed by atoms with Gasteiger partial charge in [-0.15, -0.1) is 0 Å². The first-order chi connectivity index (χ1) is 14.8. The molecule has 162 valence electrons. The highest BCUT2D eigenvalue weighted by atomic mass is 35.5. The summed E-state index contributed by atoms with van der Waals surface area (Å²) in [6.07, 6.45) is -2.93. The van der Waals surface area contributed by atoms with E-state index in [0.717, 1.165) is 6.07 Å². The van der Waals surface area contributed by atoms with E-state index in [2.05, 4.69) is 26.7 Å². The number of carbonyl (C=O) groups is 1. The molecule has 11 heteroatoms. The summed E-state index contributed by atoms with van der Waals surface area (Å²) in [5.41, 5.74) is -0.611. The Balaban J connectivity index is 1.60. The molecule has 2 aromatic rings. The van der Waals surface area contributed by atoms with E-state index < -0.39 is 29.3 Å². The van der Waals surface area contributed by atoms with Crippen molar-refractivity contribution in [1.29, 1.82) is 5.26 Å². The minimum Gasteiger partial charge on any atom is -0.363 e. The highest BCUT2D eigenvalue weighted by Gasteiger charge is 2.48. The summed E-state index contributed by atoms with van der Waals surface area (Å²) in [5, 5.41) is 15.3. The molecule has 1 saturated heterocycles. The lowest BCUT2D eigenvalue weighted by molar-refractivity contribution is -0.142. The number of fused-ring (bicyclic) bond motifs is 1. The summed E-state index contributed by atoms with van der Waals surface area (Å²) in [5.74, 6) is -1.01. The number of anilines is 1. The second-order valence-corrected chi connectivity index (χ2v) is 7.98. The Bertz CT molecular complexity index is 1090. The first kappa shape index (κ1) is 21.3. The predicted molar refractivity (Wildman–Crippen MR) is 106 cm³/mol. The third-order valence-electron chi connectivity index (χ3n) is 5.63. The summed E-state index contributed by atoms with van der Waals surface area (Å²) in [4.78, 5) is 22.7. The monoisotopic (exact) mass is 450 g/mol. The Morgan fingerprint density at radius 1 is 1.32 bits per heavy atom. The molecule has 0 saturated carbocycles. The van der Waals surface area contributed by atoms with Crippen molar-refractivity contribution in [1.82, 2.24) is 20.2 Å². The molecule has 0 radical (unpaired) electrons. The maximum atomic E-state index is 14.5. The Morgan fingerprint density at radius 3 is 2.65 bits per heavy atom. The molecular weight excluding hydrogens is 433 g/mol. The smallest absolute Gasteiger partial charge is 0.266 e. The normalized spacial score (nSPS) is 17.6. The zero-order valence-electron chi connectivity index (χ0n) is 16.4. The van der Waals surface area contributed by atoms with Crippen molar-refractivity contribution in [3.8, 4) is 6.07 Å². The number of alkyl halides is 2. The first-order valence-corrected chi connectivity index (χ1v) is 9.93. The van der Waals surface area contributed by atoms with E-state index in [1.165, 1.54) is 17.0 Å². The largest absolute Gasteiger partial charge is 0.363 e. The average Bonchev–Trinajstić information content (AvgIpc) is 3.11. The van der Waals surface area contributed by atoms with Crippen molar-refractivity contribution >= 4 is 23.3 Å². The molecule has 1 atom stereocenters. The first-order valence-electron chi connectivity index (χ1n) is 9.55. The number of carbonyl (C=O) groups excluding carboxylic acids is 1. The van der Waals surface area contributed by atoms with Gasteiger partial charge in [0.1, 0.15) is 11.6 Å². The number of hydrogen-bond donors (Lipinski definition) is 2. The van der Waals surface area contributed by atoms with Gasteiger partial charge in [-0.2, -0.15) is 5.26 Å². The maximum absolute atomic E-state index is 14.5. The van der Waals surface area contributed by atoms with Gasteiger partial charge in [-0.1, -0.05) is 18.2 Å². The van der Waals surface area contributed by atoms with Crippen LogP contribution in [0.1, 0.15) is 41.8 Å². The van der Waals surface area contributed by atoms with Crippen molar-refractivity contribution in [2.75, 3.05) is 18.4 Å². The Hall–Kier alpha value is -2.90. The quantitative estimate of drug-likeness (QED) is 0.679. The van der Waals surface area contributed by atoms with E-state index in [4.69, 9.17) is 11.6 Å². The number of halogens is 4. The minimum absolute atomic E-state index is 0.0520. The predicted octanol–water partition coefficient (Wildman–Crippen LogP) is 3.34. The van der Waals surface area contributed by atoms with Crippen LogP contribution in [0.25, 0.3) is 0 Å². The van der Waals surface area contributed by atoms with Crippen molar-refractivity contribution in [2.45, 2.75) is 32.5 Å². The molecule has 7 nitrogen and oxygen atoms in total. The van der Waals surface area contributed by atoms with Crippen LogP contribution < -0.4 is 10.6 Å². The zero-order chi connectivity index (χ0) is 22.3. The minimum atomic E-state index is -2.93. The number of aromatic nitrogens is 2. The second-order valence-electron chi connectivity index (χ2n) is 7.64. The fourth-order valence-corrected chi connectivity index (χ4v) is 3.98. The van der Waals surface area contributed by atoms with Crippen molar-refractivity contribution in [3.05, 3.63) is 51.7 Å². The zero-order valence-corrected chi connectivity index (χ0v) is 17.2. The van der Waals surface area contributed by atoms with Crippen LogP contribution in [0.15, 0.2) is 18.2 Å². The molecule has 1 fully saturated rings. The van der Waals surface area contributed by atoms with Gasteiger partial charge in [-0.25, -0.2) is 23.1 Å². The highest BCUT2D eigenvalue weighted by molar-refractivity contribution is 6.28. The Kier molecular flexibility index (Phi) is 5.49. The van der Waals surface area contributed by atoms with Crippen molar-refractivity contribution in [2.24, 2.45) is 5.41 Å². The van der Waals surface area contributed by atoms with Crippen LogP contribution in [0.5, 0.6) is 0 Å². The number of nitrogens with zero attached hydrogens (tertiary/aromatic N) is 4. The van der Waals surface area contributed by atoms with E-state index in [1.807, 2.05) is 0 Å². The standard InChI is InChI=1S/C20H18ClF3N6O/c1-10(11-3-2-4-12(15(11)22)16(23)24)27-17-13-5-30(6-14(13)28-19(21)29-17)18(31)20(7-25)8-26-9-20/h2-4,10,16,26H,5-6,8-9H2,1H3,(H,27,28,29)/t10-/m1/s1. The van der Waals surface area contributed by atoms with Crippen LogP contribution in [0.3, 0.4) is 0 Å². The SMILES string of the molecule is C[C@@H](Nc1nc(Cl)nc2c1CN(C(=O)C1(C#N)CNC1)C2)c1cccc(C(F)F)c1F. The van der Waals surface area contributed by atoms with Crippen LogP contribution in [-0.4, -0.2) is 33.9 Å². The van der Waals surface area contributed by atoms with Gasteiger partial charge < -0.3 is 15.5 Å². The fourth-order valence-electron chi connectivity index (χ4n) is 3.80. The highest BCUT2D eigenvalue weighted by Crippen LogP contribution is 2.35. The van der Waals surface area contributed by atoms with Gasteiger partial charge >= 0.3 is 0 Å². The summed E-state index contributed by atoms with van der Waals surface area (Å²) in [6, 6.07) is 5.20. The molecule has 0 unspecified atom stereocenters. The van der Waals surface area contributed by atoms with Crippen LogP contribution in [-0.2, 0) is 17.9 Å². The van der Waals surface area contributed by atoms with Gasteiger partial charge in [-0.05, 0) is 18.5 Å². The molecule has 2 aliphatic rings. The average molecular weight is 451 g/mol. The Labute approximate surface area is 181 Å². The summed E-state index contributed by atoms with van der Waals surface area (Å²) in [7, 11) is 0. The molecule has 2 aliphatic heterocycles. The fraction of sp³-hybridized carbons (Fsp3) is 0.400. The van der Waals surface area contributed by atoms with Gasteiger partial charge in [0, 0.05) is 24.2 Å². The van der Waals surface area contributed by atoms with Gasteiger partial charge in [0.2, 0.25) is 11.2 Å². The number of benzene rings is 1. The third kappa shape index (κ3) is 3.68. The molecule has 1 aromatic carbocycles. The lowest BCUT2D eigenvalue weighted by atomic mass is 9.82. The van der Waals surface area contributed by atoms with E-state index in [9.17, 15) is 23.2 Å². The summed E-state index contributed by atoms with van der Waals surface area (Å²) >= 11 is 6.04. The third-order valence-corrected chi connectivity index (χ3v) is 5.80. The van der Waals surface area contributed by atoms with Crippen molar-refractivity contribution in [3.63, 3.8) is 0 Å². The van der Waals surface area contributed by atoms with E-state index in [0.29, 0.717) is 11.3 Å². The molecular formula is C20H18ClF3N6O. The number of nitriles is 1. The van der Waals surface area contributed by atoms with Crippen LogP contribution in [0.2, 0.25) is 5.28 Å². The molecule has 4 rings (SSSR count). The Morgan fingerprint density at radius 2 is 2.03 bits per heavy atom. The molecule has 2 N–H and O–H groups in total. The number of nitrogens with one attached hydrogen (secondary N) is 2. The van der Waals surface area contributed by atoms with Gasteiger partial charge in [0.05, 0.1) is 36.5 Å². The van der Waals surface area contributed by atoms with E-state index >= 15 is 0 Å². The molecule has 0 spiro atoms. The number of hydrogen-bond acceptors (Lipinski definition) is 6. The van der Waals surface area contributed by atoms with Gasteiger partial charge in [0.15, 0.2) is 5.41 Å². The van der Waals surface area contributed by atoms with Gasteiger partial charge in [0.25, 0.3) is 6.43 Å². The summed E-state index contributed by atoms with van der Waals surface area (Å²) < 4.78 is 40.6. The van der Waals surface area contributed by atoms with E-state index in [-0.39, 0.29) is 48.8 Å². The lowest BCUT2D eigenvalue weighted by Gasteiger charge is -2.37. The van der Waals surface area contributed by atoms with Crippen LogP contribution >= 0.6 is 11.6 Å². The number of amides is 1. The van der Waals surface area contributed by atoms with Crippen molar-refractivity contribution < 1.29 is 18.0 Å². The summed E-state index contributed by atoms with van der Waals surface area (Å²) in [6.45, 7) is 2.49. The van der Waals surface area contributed by atoms with E-state index in [1.54, 1.807) is 6.92 Å². The molecule has 1 aromatic heterocycles. The lowest BCUT2D eigenvalue weighted by Crippen LogP contribution is -2.60. The molecule has 1 amide bonds. The molecule has 0 aliphatic carbocycles.